The van der Waals surface area contributed by atoms with Crippen molar-refractivity contribution >= 4 is 5.65 Å². The van der Waals surface area contributed by atoms with Crippen LogP contribution in [0.15, 0.2) is 65.4 Å². The lowest BCUT2D eigenvalue weighted by Crippen LogP contribution is -1.88. The van der Waals surface area contributed by atoms with E-state index in [0.29, 0.717) is 17.4 Å². The first-order valence-corrected chi connectivity index (χ1v) is 8.28. The minimum absolute atomic E-state index is 0.359. The minimum atomic E-state index is 0.359. The van der Waals surface area contributed by atoms with Gasteiger partial charge in [-0.2, -0.15) is 10.1 Å². The van der Waals surface area contributed by atoms with Gasteiger partial charge in [0.25, 0.3) is 5.89 Å². The summed E-state index contributed by atoms with van der Waals surface area (Å²) in [6, 6.07) is 15.3. The highest BCUT2D eigenvalue weighted by Crippen LogP contribution is 2.27. The van der Waals surface area contributed by atoms with Crippen LogP contribution in [0, 0.1) is 0 Å². The van der Waals surface area contributed by atoms with E-state index < -0.39 is 0 Å². The molecule has 5 rings (SSSR count). The second-order valence-corrected chi connectivity index (χ2v) is 5.89. The third kappa shape index (κ3) is 2.63. The zero-order chi connectivity index (χ0) is 18.2. The van der Waals surface area contributed by atoms with Crippen LogP contribution in [-0.4, -0.2) is 36.8 Å². The molecule has 0 fully saturated rings. The highest BCUT2D eigenvalue weighted by molar-refractivity contribution is 5.66. The average Bonchev–Trinajstić information content (AvgIpc) is 3.45. The molecule has 5 aromatic rings. The second kappa shape index (κ2) is 6.10. The predicted molar refractivity (Wildman–Crippen MR) is 98.1 cm³/mol. The molecule has 4 heterocycles. The molecule has 27 heavy (non-hydrogen) atoms. The van der Waals surface area contributed by atoms with Crippen molar-refractivity contribution in [2.45, 2.75) is 0 Å². The Bertz CT molecular complexity index is 1240. The fourth-order valence-electron chi connectivity index (χ4n) is 2.90. The van der Waals surface area contributed by atoms with Crippen LogP contribution in [0.2, 0.25) is 0 Å². The first-order chi connectivity index (χ1) is 13.3. The lowest BCUT2D eigenvalue weighted by Gasteiger charge is -2.00. The number of hydrogen-bond acceptors (Lipinski definition) is 6. The third-order valence-electron chi connectivity index (χ3n) is 4.25. The maximum absolute atomic E-state index is 5.42. The van der Waals surface area contributed by atoms with Crippen LogP contribution in [0.3, 0.4) is 0 Å². The van der Waals surface area contributed by atoms with Crippen molar-refractivity contribution in [1.29, 1.82) is 0 Å². The Balaban J connectivity index is 1.49. The number of benzene rings is 1. The topological polar surface area (TPSA) is 94.1 Å². The molecule has 0 aliphatic heterocycles. The molecule has 8 nitrogen and oxygen atoms in total. The van der Waals surface area contributed by atoms with Crippen molar-refractivity contribution in [1.82, 2.24) is 29.7 Å². The SMILES string of the molecule is COc1cccc(-c2cc(-c3nc(-c4cnc5ccccn45)no3)[nH]n2)c1. The normalized spacial score (nSPS) is 11.1. The van der Waals surface area contributed by atoms with Gasteiger partial charge in [-0.15, -0.1) is 0 Å². The molecule has 0 amide bonds. The summed E-state index contributed by atoms with van der Waals surface area (Å²) in [6.07, 6.45) is 3.63. The van der Waals surface area contributed by atoms with E-state index in [1.54, 1.807) is 13.3 Å². The third-order valence-corrected chi connectivity index (χ3v) is 4.25. The number of pyridine rings is 1. The van der Waals surface area contributed by atoms with Crippen molar-refractivity contribution in [2.75, 3.05) is 7.11 Å². The summed E-state index contributed by atoms with van der Waals surface area (Å²) < 4.78 is 12.6. The van der Waals surface area contributed by atoms with Crippen LogP contribution in [0.1, 0.15) is 0 Å². The van der Waals surface area contributed by atoms with E-state index in [0.717, 1.165) is 28.3 Å². The maximum Gasteiger partial charge on any atom is 0.276 e. The number of ether oxygens (including phenoxy) is 1. The molecule has 0 saturated heterocycles. The van der Waals surface area contributed by atoms with Gasteiger partial charge in [0.2, 0.25) is 5.82 Å². The number of fused-ring (bicyclic) bond motifs is 1. The largest absolute Gasteiger partial charge is 0.497 e. The van der Waals surface area contributed by atoms with Crippen molar-refractivity contribution < 1.29 is 9.26 Å². The molecular weight excluding hydrogens is 344 g/mol. The van der Waals surface area contributed by atoms with Crippen molar-refractivity contribution in [3.05, 3.63) is 60.9 Å². The molecule has 8 heteroatoms. The first kappa shape index (κ1) is 15.3. The number of methoxy groups -OCH3 is 1. The number of H-pyrrole nitrogens is 1. The number of imidazole rings is 1. The number of nitrogens with one attached hydrogen (secondary N) is 1. The van der Waals surface area contributed by atoms with Crippen molar-refractivity contribution in [3.8, 4) is 40.1 Å². The van der Waals surface area contributed by atoms with Gasteiger partial charge in [0, 0.05) is 11.8 Å². The molecule has 0 atom stereocenters. The summed E-state index contributed by atoms with van der Waals surface area (Å²) >= 11 is 0. The monoisotopic (exact) mass is 358 g/mol. The summed E-state index contributed by atoms with van der Waals surface area (Å²) in [5.74, 6) is 1.59. The van der Waals surface area contributed by atoms with Gasteiger partial charge in [-0.3, -0.25) is 9.50 Å². The van der Waals surface area contributed by atoms with E-state index in [9.17, 15) is 0 Å². The van der Waals surface area contributed by atoms with Gasteiger partial charge < -0.3 is 9.26 Å². The minimum Gasteiger partial charge on any atom is -0.497 e. The molecule has 4 aromatic heterocycles. The molecule has 0 radical (unpaired) electrons. The molecule has 0 saturated carbocycles. The van der Waals surface area contributed by atoms with Gasteiger partial charge >= 0.3 is 0 Å². The zero-order valence-corrected chi connectivity index (χ0v) is 14.3. The van der Waals surface area contributed by atoms with E-state index in [2.05, 4.69) is 25.3 Å². The number of aromatic amines is 1. The van der Waals surface area contributed by atoms with E-state index in [4.69, 9.17) is 9.26 Å². The molecule has 132 valence electrons. The Morgan fingerprint density at radius 1 is 1.11 bits per heavy atom. The van der Waals surface area contributed by atoms with Gasteiger partial charge in [0.1, 0.15) is 22.8 Å². The Kier molecular flexibility index (Phi) is 3.46. The van der Waals surface area contributed by atoms with E-state index in [-0.39, 0.29) is 0 Å². The number of aromatic nitrogens is 6. The molecule has 0 spiro atoms. The van der Waals surface area contributed by atoms with Crippen LogP contribution in [0.5, 0.6) is 5.75 Å². The van der Waals surface area contributed by atoms with Crippen LogP contribution in [0.25, 0.3) is 40.0 Å². The summed E-state index contributed by atoms with van der Waals surface area (Å²) in [5, 5.41) is 11.4. The van der Waals surface area contributed by atoms with Crippen molar-refractivity contribution in [2.24, 2.45) is 0 Å². The van der Waals surface area contributed by atoms with Crippen LogP contribution >= 0.6 is 0 Å². The highest BCUT2D eigenvalue weighted by atomic mass is 16.5. The number of nitrogens with zero attached hydrogens (tertiary/aromatic N) is 5. The summed E-state index contributed by atoms with van der Waals surface area (Å²) in [6.45, 7) is 0. The molecule has 0 aliphatic rings. The molecule has 0 unspecified atom stereocenters. The second-order valence-electron chi connectivity index (χ2n) is 5.89. The quantitative estimate of drug-likeness (QED) is 0.529. The number of hydrogen-bond donors (Lipinski definition) is 1. The fourth-order valence-corrected chi connectivity index (χ4v) is 2.90. The highest BCUT2D eigenvalue weighted by Gasteiger charge is 2.16. The lowest BCUT2D eigenvalue weighted by atomic mass is 10.1. The summed E-state index contributed by atoms with van der Waals surface area (Å²) in [4.78, 5) is 8.83. The Morgan fingerprint density at radius 3 is 3.00 bits per heavy atom. The summed E-state index contributed by atoms with van der Waals surface area (Å²) in [5.41, 5.74) is 3.91. The van der Waals surface area contributed by atoms with E-state index in [1.165, 1.54) is 0 Å². The summed E-state index contributed by atoms with van der Waals surface area (Å²) in [7, 11) is 1.63. The van der Waals surface area contributed by atoms with Crippen LogP contribution in [-0.2, 0) is 0 Å². The van der Waals surface area contributed by atoms with Gasteiger partial charge in [-0.1, -0.05) is 23.4 Å². The van der Waals surface area contributed by atoms with Crippen LogP contribution < -0.4 is 4.74 Å². The van der Waals surface area contributed by atoms with Gasteiger partial charge in [-0.05, 0) is 30.3 Å². The number of rotatable bonds is 4. The molecule has 0 aliphatic carbocycles. The predicted octanol–water partition coefficient (Wildman–Crippen LogP) is 3.45. The van der Waals surface area contributed by atoms with E-state index in [1.807, 2.05) is 59.1 Å². The van der Waals surface area contributed by atoms with E-state index >= 15 is 0 Å². The molecule has 0 bridgehead atoms. The van der Waals surface area contributed by atoms with Gasteiger partial charge in [-0.25, -0.2) is 4.98 Å². The fraction of sp³-hybridized carbons (Fsp3) is 0.0526. The standard InChI is InChI=1S/C19H14N6O2/c1-26-13-6-4-5-12(9-13)14-10-15(23-22-14)19-21-18(24-27-19)16-11-20-17-7-2-3-8-25(16)17/h2-11H,1H3,(H,22,23). The zero-order valence-electron chi connectivity index (χ0n) is 14.3. The van der Waals surface area contributed by atoms with Gasteiger partial charge in [0.15, 0.2) is 0 Å². The first-order valence-electron chi connectivity index (χ1n) is 8.28. The molecular formula is C19H14N6O2. The van der Waals surface area contributed by atoms with Crippen LogP contribution in [0.4, 0.5) is 0 Å². The maximum atomic E-state index is 5.42. The lowest BCUT2D eigenvalue weighted by molar-refractivity contribution is 0.415. The Morgan fingerprint density at radius 2 is 2.07 bits per heavy atom. The van der Waals surface area contributed by atoms with Gasteiger partial charge in [0.05, 0.1) is 19.0 Å². The molecule has 1 N–H and O–H groups in total. The average molecular weight is 358 g/mol. The Hall–Kier alpha value is -3.94. The molecule has 1 aromatic carbocycles. The Labute approximate surface area is 153 Å². The smallest absolute Gasteiger partial charge is 0.276 e. The van der Waals surface area contributed by atoms with Crippen molar-refractivity contribution in [3.63, 3.8) is 0 Å².